The summed E-state index contributed by atoms with van der Waals surface area (Å²) in [6, 6.07) is 20.2. The predicted molar refractivity (Wildman–Crippen MR) is 140 cm³/mol. The number of sulfonamides is 1. The molecular weight excluding hydrogens is 484 g/mol. The number of nitrogens with zero attached hydrogens (tertiary/aromatic N) is 1. The van der Waals surface area contributed by atoms with Gasteiger partial charge in [0, 0.05) is 5.02 Å². The normalized spacial score (nSPS) is 12.3. The molecule has 186 valence electrons. The van der Waals surface area contributed by atoms with Gasteiger partial charge in [0.15, 0.2) is 0 Å². The Kier molecular flexibility index (Phi) is 8.81. The van der Waals surface area contributed by atoms with E-state index in [2.05, 4.69) is 19.2 Å². The summed E-state index contributed by atoms with van der Waals surface area (Å²) in [6.07, 6.45) is 0.701. The number of methoxy groups -OCH3 is 1. The van der Waals surface area contributed by atoms with E-state index >= 15 is 0 Å². The summed E-state index contributed by atoms with van der Waals surface area (Å²) in [5.74, 6) is 0.640. The molecule has 0 heterocycles. The molecule has 3 rings (SSSR count). The molecule has 0 saturated carbocycles. The van der Waals surface area contributed by atoms with Crippen LogP contribution >= 0.6 is 11.6 Å². The number of benzene rings is 3. The number of carbonyl (C=O) groups is 1. The number of hydrogen-bond donors (Lipinski definition) is 1. The summed E-state index contributed by atoms with van der Waals surface area (Å²) >= 11 is 5.96. The molecule has 0 bridgehead atoms. The molecule has 1 atom stereocenters. The van der Waals surface area contributed by atoms with E-state index in [0.717, 1.165) is 21.2 Å². The lowest BCUT2D eigenvalue weighted by Crippen LogP contribution is -2.42. The van der Waals surface area contributed by atoms with Crippen molar-refractivity contribution in [3.05, 3.63) is 88.9 Å². The molecule has 0 saturated heterocycles. The molecule has 1 unspecified atom stereocenters. The topological polar surface area (TPSA) is 75.7 Å². The molecule has 8 heteroatoms. The number of carbonyl (C=O) groups excluding carboxylic acids is 1. The van der Waals surface area contributed by atoms with Gasteiger partial charge >= 0.3 is 0 Å². The summed E-state index contributed by atoms with van der Waals surface area (Å²) in [7, 11) is -2.42. The van der Waals surface area contributed by atoms with Crippen molar-refractivity contribution in [3.8, 4) is 5.75 Å². The van der Waals surface area contributed by atoms with Gasteiger partial charge in [-0.15, -0.1) is 0 Å². The van der Waals surface area contributed by atoms with Crippen molar-refractivity contribution in [1.82, 2.24) is 5.32 Å². The zero-order valence-corrected chi connectivity index (χ0v) is 21.9. The lowest BCUT2D eigenvalue weighted by Gasteiger charge is -2.27. The highest BCUT2D eigenvalue weighted by Gasteiger charge is 2.28. The van der Waals surface area contributed by atoms with E-state index in [1.807, 2.05) is 37.3 Å². The van der Waals surface area contributed by atoms with Crippen molar-refractivity contribution in [1.29, 1.82) is 0 Å². The second kappa shape index (κ2) is 11.6. The molecule has 0 aromatic heterocycles. The minimum Gasteiger partial charge on any atom is -0.497 e. The third kappa shape index (κ3) is 6.99. The summed E-state index contributed by atoms with van der Waals surface area (Å²) in [5.41, 5.74) is 2.23. The monoisotopic (exact) mass is 514 g/mol. The number of ether oxygens (including phenoxy) is 1. The minimum atomic E-state index is -4.02. The van der Waals surface area contributed by atoms with E-state index in [1.54, 1.807) is 25.3 Å². The SMILES string of the molecule is COc1ccc(C(CC(C)C)NC(=O)CN(c2cccc(C)c2)S(=O)(=O)c2ccc(Cl)cc2)cc1. The molecule has 0 aliphatic rings. The largest absolute Gasteiger partial charge is 0.497 e. The summed E-state index contributed by atoms with van der Waals surface area (Å²) in [5, 5.41) is 3.47. The first-order valence-electron chi connectivity index (χ1n) is 11.4. The zero-order chi connectivity index (χ0) is 25.6. The Bertz CT molecular complexity index is 1240. The number of halogens is 1. The smallest absolute Gasteiger partial charge is 0.264 e. The molecule has 1 amide bonds. The first-order chi connectivity index (χ1) is 16.6. The Labute approximate surface area is 212 Å². The highest BCUT2D eigenvalue weighted by atomic mass is 35.5. The van der Waals surface area contributed by atoms with E-state index < -0.39 is 15.9 Å². The molecule has 0 radical (unpaired) electrons. The fourth-order valence-corrected chi connectivity index (χ4v) is 5.33. The maximum absolute atomic E-state index is 13.6. The molecule has 3 aromatic carbocycles. The highest BCUT2D eigenvalue weighted by Crippen LogP contribution is 2.27. The highest BCUT2D eigenvalue weighted by molar-refractivity contribution is 7.92. The third-order valence-corrected chi connectivity index (χ3v) is 7.58. The van der Waals surface area contributed by atoms with Crippen LogP contribution in [0.25, 0.3) is 0 Å². The molecule has 3 aromatic rings. The number of nitrogens with one attached hydrogen (secondary N) is 1. The molecule has 0 aliphatic carbocycles. The summed E-state index contributed by atoms with van der Waals surface area (Å²) in [6.45, 7) is 5.66. The summed E-state index contributed by atoms with van der Waals surface area (Å²) < 4.78 is 33.5. The van der Waals surface area contributed by atoms with Gasteiger partial charge in [0.1, 0.15) is 12.3 Å². The number of hydrogen-bond acceptors (Lipinski definition) is 4. The quantitative estimate of drug-likeness (QED) is 0.373. The molecule has 0 fully saturated rings. The molecule has 0 spiro atoms. The van der Waals surface area contributed by atoms with Gasteiger partial charge in [0.2, 0.25) is 5.91 Å². The lowest BCUT2D eigenvalue weighted by molar-refractivity contribution is -0.120. The Morgan fingerprint density at radius 1 is 1.03 bits per heavy atom. The molecule has 0 aliphatic heterocycles. The minimum absolute atomic E-state index is 0.0603. The second-order valence-corrected chi connectivity index (χ2v) is 11.1. The molecule has 1 N–H and O–H groups in total. The number of anilines is 1. The molecule has 6 nitrogen and oxygen atoms in total. The lowest BCUT2D eigenvalue weighted by atomic mass is 9.97. The van der Waals surface area contributed by atoms with E-state index in [4.69, 9.17) is 16.3 Å². The van der Waals surface area contributed by atoms with Crippen LogP contribution in [-0.2, 0) is 14.8 Å². The van der Waals surface area contributed by atoms with Crippen molar-refractivity contribution < 1.29 is 17.9 Å². The number of rotatable bonds is 10. The third-order valence-electron chi connectivity index (χ3n) is 5.54. The van der Waals surface area contributed by atoms with Crippen molar-refractivity contribution in [2.24, 2.45) is 5.92 Å². The first-order valence-corrected chi connectivity index (χ1v) is 13.2. The molecule has 35 heavy (non-hydrogen) atoms. The van der Waals surface area contributed by atoms with Gasteiger partial charge in [-0.3, -0.25) is 9.10 Å². The Balaban J connectivity index is 1.92. The van der Waals surface area contributed by atoms with Crippen molar-refractivity contribution in [3.63, 3.8) is 0 Å². The fourth-order valence-electron chi connectivity index (χ4n) is 3.79. The van der Waals surface area contributed by atoms with Crippen LogP contribution in [0.2, 0.25) is 5.02 Å². The van der Waals surface area contributed by atoms with E-state index in [0.29, 0.717) is 23.0 Å². The van der Waals surface area contributed by atoms with E-state index in [-0.39, 0.29) is 17.5 Å². The van der Waals surface area contributed by atoms with Gasteiger partial charge in [-0.2, -0.15) is 0 Å². The van der Waals surface area contributed by atoms with Crippen LogP contribution in [0.1, 0.15) is 37.4 Å². The van der Waals surface area contributed by atoms with Crippen LogP contribution in [0.4, 0.5) is 5.69 Å². The molecular formula is C27H31ClN2O4S. The van der Waals surface area contributed by atoms with Gasteiger partial charge in [0.05, 0.1) is 23.7 Å². The number of amides is 1. The van der Waals surface area contributed by atoms with Gasteiger partial charge in [-0.1, -0.05) is 49.7 Å². The van der Waals surface area contributed by atoms with Crippen molar-refractivity contribution in [2.75, 3.05) is 18.0 Å². The van der Waals surface area contributed by atoms with Crippen molar-refractivity contribution >= 4 is 33.2 Å². The van der Waals surface area contributed by atoms with E-state index in [1.165, 1.54) is 24.3 Å². The van der Waals surface area contributed by atoms with E-state index in [9.17, 15) is 13.2 Å². The summed E-state index contributed by atoms with van der Waals surface area (Å²) in [4.78, 5) is 13.3. The first kappa shape index (κ1) is 26.6. The van der Waals surface area contributed by atoms with Crippen molar-refractivity contribution in [2.45, 2.75) is 38.1 Å². The van der Waals surface area contributed by atoms with Gasteiger partial charge < -0.3 is 10.1 Å². The van der Waals surface area contributed by atoms with Gasteiger partial charge in [-0.25, -0.2) is 8.42 Å². The van der Waals surface area contributed by atoms with Crippen LogP contribution in [0.15, 0.2) is 77.7 Å². The van der Waals surface area contributed by atoms with Crippen LogP contribution in [-0.4, -0.2) is 28.0 Å². The fraction of sp³-hybridized carbons (Fsp3) is 0.296. The van der Waals surface area contributed by atoms with Gasteiger partial charge in [-0.05, 0) is 78.9 Å². The second-order valence-electron chi connectivity index (χ2n) is 8.83. The maximum atomic E-state index is 13.6. The van der Waals surface area contributed by atoms with Crippen LogP contribution in [0, 0.1) is 12.8 Å². The number of aryl methyl sites for hydroxylation is 1. The Hall–Kier alpha value is -3.03. The van der Waals surface area contributed by atoms with Crippen LogP contribution < -0.4 is 14.4 Å². The average molecular weight is 515 g/mol. The van der Waals surface area contributed by atoms with Crippen LogP contribution in [0.5, 0.6) is 5.75 Å². The maximum Gasteiger partial charge on any atom is 0.264 e. The standard InChI is InChI=1S/C27H31ClN2O4S/c1-19(2)16-26(21-8-12-24(34-4)13-9-21)29-27(31)18-30(23-7-5-6-20(3)17-23)35(32,33)25-14-10-22(28)11-15-25/h5-15,17,19,26H,16,18H2,1-4H3,(H,29,31). The van der Waals surface area contributed by atoms with Crippen LogP contribution in [0.3, 0.4) is 0 Å². The van der Waals surface area contributed by atoms with Gasteiger partial charge in [0.25, 0.3) is 10.0 Å². The zero-order valence-electron chi connectivity index (χ0n) is 20.4. The average Bonchev–Trinajstić information content (AvgIpc) is 2.82. The Morgan fingerprint density at radius 2 is 1.69 bits per heavy atom. The Morgan fingerprint density at radius 3 is 2.26 bits per heavy atom. The predicted octanol–water partition coefficient (Wildman–Crippen LogP) is 5.76.